The molecule has 5 heteroatoms. The van der Waals surface area contributed by atoms with Crippen molar-refractivity contribution in [3.05, 3.63) is 10.6 Å². The first-order valence-electron chi connectivity index (χ1n) is 4.38. The van der Waals surface area contributed by atoms with E-state index in [4.69, 9.17) is 17.0 Å². The third-order valence-corrected chi connectivity index (χ3v) is 2.26. The highest BCUT2D eigenvalue weighted by Crippen LogP contribution is 2.13. The van der Waals surface area contributed by atoms with Crippen molar-refractivity contribution in [2.75, 3.05) is 7.11 Å². The molecular formula is C8H15N3OS. The smallest absolute Gasteiger partial charge is 0.195 e. The van der Waals surface area contributed by atoms with Gasteiger partial charge in [0.25, 0.3) is 0 Å². The molecule has 1 N–H and O–H groups in total. The van der Waals surface area contributed by atoms with E-state index < -0.39 is 0 Å². The molecule has 1 aromatic heterocycles. The van der Waals surface area contributed by atoms with Crippen molar-refractivity contribution in [3.8, 4) is 0 Å². The molecule has 0 saturated heterocycles. The van der Waals surface area contributed by atoms with E-state index >= 15 is 0 Å². The predicted octanol–water partition coefficient (Wildman–Crippen LogP) is 2.06. The average molecular weight is 201 g/mol. The highest BCUT2D eigenvalue weighted by Gasteiger charge is 2.12. The standard InChI is InChI=1S/C8H15N3OS/c1-4-5-11-7(6(2)12-3)9-10-8(11)13/h6H,4-5H2,1-3H3,(H,10,13). The predicted molar refractivity (Wildman–Crippen MR) is 53.1 cm³/mol. The first-order chi connectivity index (χ1) is 6.20. The van der Waals surface area contributed by atoms with Crippen molar-refractivity contribution in [3.63, 3.8) is 0 Å². The van der Waals surface area contributed by atoms with E-state index in [1.165, 1.54) is 0 Å². The lowest BCUT2D eigenvalue weighted by atomic mass is 10.3. The van der Waals surface area contributed by atoms with Gasteiger partial charge >= 0.3 is 0 Å². The Hall–Kier alpha value is -0.680. The molecule has 1 unspecified atom stereocenters. The van der Waals surface area contributed by atoms with Crippen LogP contribution in [0.25, 0.3) is 0 Å². The van der Waals surface area contributed by atoms with Gasteiger partial charge in [-0.2, -0.15) is 5.10 Å². The molecule has 0 aliphatic carbocycles. The van der Waals surface area contributed by atoms with Crippen LogP contribution in [-0.2, 0) is 11.3 Å². The number of aromatic nitrogens is 3. The van der Waals surface area contributed by atoms with Gasteiger partial charge in [0.2, 0.25) is 0 Å². The summed E-state index contributed by atoms with van der Waals surface area (Å²) >= 11 is 5.09. The molecule has 0 aliphatic rings. The minimum atomic E-state index is -0.0144. The Kier molecular flexibility index (Phi) is 3.62. The summed E-state index contributed by atoms with van der Waals surface area (Å²) in [6, 6.07) is 0. The van der Waals surface area contributed by atoms with Gasteiger partial charge in [0, 0.05) is 13.7 Å². The second-order valence-electron chi connectivity index (χ2n) is 2.92. The summed E-state index contributed by atoms with van der Waals surface area (Å²) in [6.45, 7) is 4.95. The summed E-state index contributed by atoms with van der Waals surface area (Å²) in [5.41, 5.74) is 0. The van der Waals surface area contributed by atoms with Crippen molar-refractivity contribution in [2.24, 2.45) is 0 Å². The Morgan fingerprint density at radius 2 is 2.38 bits per heavy atom. The van der Waals surface area contributed by atoms with Crippen LogP contribution in [0.5, 0.6) is 0 Å². The third-order valence-electron chi connectivity index (χ3n) is 1.95. The van der Waals surface area contributed by atoms with Crippen molar-refractivity contribution in [1.82, 2.24) is 14.8 Å². The lowest BCUT2D eigenvalue weighted by molar-refractivity contribution is 0.108. The number of nitrogens with one attached hydrogen (secondary N) is 1. The number of aromatic amines is 1. The van der Waals surface area contributed by atoms with Crippen LogP contribution in [0, 0.1) is 4.77 Å². The normalized spacial score (nSPS) is 13.2. The second-order valence-corrected chi connectivity index (χ2v) is 3.30. The van der Waals surface area contributed by atoms with Crippen molar-refractivity contribution < 1.29 is 4.74 Å². The molecule has 4 nitrogen and oxygen atoms in total. The van der Waals surface area contributed by atoms with E-state index in [0.717, 1.165) is 18.8 Å². The zero-order valence-electron chi connectivity index (χ0n) is 8.20. The fraction of sp³-hybridized carbons (Fsp3) is 0.750. The number of H-pyrrole nitrogens is 1. The van der Waals surface area contributed by atoms with Crippen LogP contribution in [0.4, 0.5) is 0 Å². The van der Waals surface area contributed by atoms with Crippen LogP contribution in [0.3, 0.4) is 0 Å². The van der Waals surface area contributed by atoms with Crippen LogP contribution in [0.15, 0.2) is 0 Å². The molecule has 1 aromatic rings. The Bertz CT molecular complexity index is 317. The minimum Gasteiger partial charge on any atom is -0.374 e. The molecule has 74 valence electrons. The van der Waals surface area contributed by atoms with Crippen molar-refractivity contribution >= 4 is 12.2 Å². The first kappa shape index (κ1) is 10.4. The topological polar surface area (TPSA) is 42.8 Å². The highest BCUT2D eigenvalue weighted by molar-refractivity contribution is 7.71. The van der Waals surface area contributed by atoms with Crippen molar-refractivity contribution in [2.45, 2.75) is 32.9 Å². The fourth-order valence-corrected chi connectivity index (χ4v) is 1.42. The molecule has 0 aliphatic heterocycles. The molecule has 0 radical (unpaired) electrons. The minimum absolute atomic E-state index is 0.0144. The third kappa shape index (κ3) is 2.16. The molecule has 13 heavy (non-hydrogen) atoms. The lowest BCUT2D eigenvalue weighted by Gasteiger charge is -2.10. The quantitative estimate of drug-likeness (QED) is 0.758. The van der Waals surface area contributed by atoms with Gasteiger partial charge in [-0.1, -0.05) is 6.92 Å². The maximum Gasteiger partial charge on any atom is 0.195 e. The van der Waals surface area contributed by atoms with Gasteiger partial charge in [-0.15, -0.1) is 0 Å². The maximum atomic E-state index is 5.19. The largest absolute Gasteiger partial charge is 0.374 e. The molecule has 0 fully saturated rings. The molecule has 0 saturated carbocycles. The van der Waals surface area contributed by atoms with Crippen LogP contribution < -0.4 is 0 Å². The number of rotatable bonds is 4. The summed E-state index contributed by atoms with van der Waals surface area (Å²) in [6.07, 6.45) is 1.02. The van der Waals surface area contributed by atoms with E-state index in [2.05, 4.69) is 17.1 Å². The Labute approximate surface area is 82.9 Å². The number of hydrogen-bond donors (Lipinski definition) is 1. The number of methoxy groups -OCH3 is 1. The highest BCUT2D eigenvalue weighted by atomic mass is 32.1. The van der Waals surface area contributed by atoms with E-state index in [-0.39, 0.29) is 6.10 Å². The van der Waals surface area contributed by atoms with E-state index in [0.29, 0.717) is 4.77 Å². The summed E-state index contributed by atoms with van der Waals surface area (Å²) < 4.78 is 7.83. The van der Waals surface area contributed by atoms with Crippen LogP contribution >= 0.6 is 12.2 Å². The molecule has 1 rings (SSSR count). The van der Waals surface area contributed by atoms with E-state index in [9.17, 15) is 0 Å². The summed E-state index contributed by atoms with van der Waals surface area (Å²) in [4.78, 5) is 0. The molecule has 0 amide bonds. The number of nitrogens with zero attached hydrogens (tertiary/aromatic N) is 2. The zero-order chi connectivity index (χ0) is 9.84. The Morgan fingerprint density at radius 3 is 2.92 bits per heavy atom. The summed E-state index contributed by atoms with van der Waals surface area (Å²) in [7, 11) is 1.67. The van der Waals surface area contributed by atoms with E-state index in [1.54, 1.807) is 7.11 Å². The van der Waals surface area contributed by atoms with E-state index in [1.807, 2.05) is 11.5 Å². The van der Waals surface area contributed by atoms with Crippen LogP contribution in [0.2, 0.25) is 0 Å². The maximum absolute atomic E-state index is 5.19. The van der Waals surface area contributed by atoms with Crippen LogP contribution in [-0.4, -0.2) is 21.9 Å². The summed E-state index contributed by atoms with van der Waals surface area (Å²) in [5, 5.41) is 6.90. The molecular weight excluding hydrogens is 186 g/mol. The van der Waals surface area contributed by atoms with Gasteiger partial charge in [0.15, 0.2) is 10.6 Å². The number of ether oxygens (including phenoxy) is 1. The molecule has 0 bridgehead atoms. The summed E-state index contributed by atoms with van der Waals surface area (Å²) in [5.74, 6) is 0.870. The van der Waals surface area contributed by atoms with Gasteiger partial charge in [0.1, 0.15) is 6.10 Å². The SMILES string of the molecule is CCCn1c(C(C)OC)n[nH]c1=S. The lowest BCUT2D eigenvalue weighted by Crippen LogP contribution is -2.08. The Balaban J connectivity index is 2.99. The van der Waals surface area contributed by atoms with Crippen LogP contribution in [0.1, 0.15) is 32.2 Å². The monoisotopic (exact) mass is 201 g/mol. The molecule has 0 aromatic carbocycles. The second kappa shape index (κ2) is 4.53. The zero-order valence-corrected chi connectivity index (χ0v) is 9.02. The first-order valence-corrected chi connectivity index (χ1v) is 4.79. The Morgan fingerprint density at radius 1 is 1.69 bits per heavy atom. The fourth-order valence-electron chi connectivity index (χ4n) is 1.19. The average Bonchev–Trinajstić information content (AvgIpc) is 2.48. The van der Waals surface area contributed by atoms with Gasteiger partial charge in [-0.05, 0) is 25.6 Å². The van der Waals surface area contributed by atoms with Gasteiger partial charge in [0.05, 0.1) is 0 Å². The van der Waals surface area contributed by atoms with Gasteiger partial charge in [-0.25, -0.2) is 0 Å². The van der Waals surface area contributed by atoms with Gasteiger partial charge < -0.3 is 9.30 Å². The number of hydrogen-bond acceptors (Lipinski definition) is 3. The molecule has 1 heterocycles. The van der Waals surface area contributed by atoms with Gasteiger partial charge in [-0.3, -0.25) is 5.10 Å². The van der Waals surface area contributed by atoms with Crippen molar-refractivity contribution in [1.29, 1.82) is 0 Å². The molecule has 0 spiro atoms. The molecule has 1 atom stereocenters.